The molecule has 0 aliphatic heterocycles. The number of nitrogens with one attached hydrogen (secondary N) is 1. The third-order valence-electron chi connectivity index (χ3n) is 3.31. The van der Waals surface area contributed by atoms with Crippen LogP contribution in [0.1, 0.15) is 24.2 Å². The number of carbonyl (C=O) groups is 1. The second-order valence-corrected chi connectivity index (χ2v) is 5.79. The van der Waals surface area contributed by atoms with Gasteiger partial charge in [-0.15, -0.1) is 11.3 Å². The summed E-state index contributed by atoms with van der Waals surface area (Å²) in [5, 5.41) is 8.66. The summed E-state index contributed by atoms with van der Waals surface area (Å²) in [6.45, 7) is 2.13. The Balaban J connectivity index is 1.59. The molecule has 0 aliphatic rings. The molecule has 0 spiro atoms. The fourth-order valence-electron chi connectivity index (χ4n) is 2.04. The molecule has 1 aromatic carbocycles. The van der Waals surface area contributed by atoms with Gasteiger partial charge in [0, 0.05) is 0 Å². The van der Waals surface area contributed by atoms with Gasteiger partial charge in [-0.05, 0) is 23.9 Å². The van der Waals surface area contributed by atoms with E-state index < -0.39 is 0 Å². The monoisotopic (exact) mass is 313 g/mol. The summed E-state index contributed by atoms with van der Waals surface area (Å²) < 4.78 is 5.18. The first-order chi connectivity index (χ1) is 10.7. The van der Waals surface area contributed by atoms with Crippen LogP contribution in [0.25, 0.3) is 10.8 Å². The van der Waals surface area contributed by atoms with Gasteiger partial charge in [-0.25, -0.2) is 0 Å². The largest absolute Gasteiger partial charge is 0.348 e. The standard InChI is InChI=1S/C16H15N3O2S/c1-11(12-6-3-2-4-7-12)15(20)17-10-14-18-16(21-19-14)13-8-5-9-22-13/h2-9,11H,10H2,1H3,(H,17,20)/t11-/m1/s1. The lowest BCUT2D eigenvalue weighted by Gasteiger charge is -2.11. The Hall–Kier alpha value is -2.47. The second kappa shape index (κ2) is 6.53. The van der Waals surface area contributed by atoms with E-state index in [-0.39, 0.29) is 18.4 Å². The lowest BCUT2D eigenvalue weighted by Crippen LogP contribution is -2.27. The Bertz CT molecular complexity index is 738. The SMILES string of the molecule is C[C@@H](C(=O)NCc1noc(-c2cccs2)n1)c1ccccc1. The van der Waals surface area contributed by atoms with Crippen molar-refractivity contribution in [2.24, 2.45) is 0 Å². The maximum absolute atomic E-state index is 12.2. The molecule has 3 aromatic rings. The molecule has 3 rings (SSSR count). The zero-order chi connectivity index (χ0) is 15.4. The van der Waals surface area contributed by atoms with Gasteiger partial charge in [0.1, 0.15) is 0 Å². The molecule has 0 bridgehead atoms. The highest BCUT2D eigenvalue weighted by atomic mass is 32.1. The van der Waals surface area contributed by atoms with Crippen LogP contribution >= 0.6 is 11.3 Å². The van der Waals surface area contributed by atoms with Crippen molar-refractivity contribution in [3.05, 3.63) is 59.2 Å². The number of thiophene rings is 1. The van der Waals surface area contributed by atoms with E-state index in [1.54, 1.807) is 0 Å². The molecule has 1 N–H and O–H groups in total. The van der Waals surface area contributed by atoms with Crippen molar-refractivity contribution in [2.75, 3.05) is 0 Å². The number of aromatic nitrogens is 2. The Labute approximate surface area is 132 Å². The maximum atomic E-state index is 12.2. The molecule has 0 aliphatic carbocycles. The quantitative estimate of drug-likeness (QED) is 0.785. The number of benzene rings is 1. The first-order valence-electron chi connectivity index (χ1n) is 6.93. The van der Waals surface area contributed by atoms with E-state index in [1.165, 1.54) is 11.3 Å². The van der Waals surface area contributed by atoms with Gasteiger partial charge < -0.3 is 9.84 Å². The minimum atomic E-state index is -0.218. The van der Waals surface area contributed by atoms with Crippen LogP contribution in [0.4, 0.5) is 0 Å². The molecule has 0 unspecified atom stereocenters. The molecule has 2 aromatic heterocycles. The van der Waals surface area contributed by atoms with Crippen LogP contribution in [0.5, 0.6) is 0 Å². The van der Waals surface area contributed by atoms with Gasteiger partial charge in [-0.3, -0.25) is 4.79 Å². The topological polar surface area (TPSA) is 68.0 Å². The highest BCUT2D eigenvalue weighted by molar-refractivity contribution is 7.13. The van der Waals surface area contributed by atoms with Crippen LogP contribution in [-0.4, -0.2) is 16.0 Å². The first kappa shape index (κ1) is 14.5. The summed E-state index contributed by atoms with van der Waals surface area (Å²) >= 11 is 1.53. The number of rotatable bonds is 5. The van der Waals surface area contributed by atoms with Gasteiger partial charge in [0.2, 0.25) is 5.91 Å². The van der Waals surface area contributed by atoms with Crippen LogP contribution in [-0.2, 0) is 11.3 Å². The van der Waals surface area contributed by atoms with E-state index in [0.717, 1.165) is 10.4 Å². The van der Waals surface area contributed by atoms with Crippen LogP contribution < -0.4 is 5.32 Å². The normalized spacial score (nSPS) is 12.0. The Morgan fingerprint density at radius 2 is 2.09 bits per heavy atom. The number of hydrogen-bond donors (Lipinski definition) is 1. The third-order valence-corrected chi connectivity index (χ3v) is 4.17. The highest BCUT2D eigenvalue weighted by Crippen LogP contribution is 2.22. The van der Waals surface area contributed by atoms with Crippen molar-refractivity contribution in [1.82, 2.24) is 15.5 Å². The van der Waals surface area contributed by atoms with Gasteiger partial charge in [0.15, 0.2) is 5.82 Å². The van der Waals surface area contributed by atoms with Gasteiger partial charge in [-0.2, -0.15) is 4.98 Å². The first-order valence-corrected chi connectivity index (χ1v) is 7.81. The van der Waals surface area contributed by atoms with E-state index in [0.29, 0.717) is 11.7 Å². The molecule has 0 radical (unpaired) electrons. The molecule has 22 heavy (non-hydrogen) atoms. The van der Waals surface area contributed by atoms with E-state index in [2.05, 4.69) is 15.5 Å². The zero-order valence-electron chi connectivity index (χ0n) is 12.0. The average Bonchev–Trinajstić information content (AvgIpc) is 3.23. The number of amides is 1. The van der Waals surface area contributed by atoms with E-state index in [1.807, 2.05) is 54.8 Å². The van der Waals surface area contributed by atoms with E-state index in [4.69, 9.17) is 4.52 Å². The Kier molecular flexibility index (Phi) is 4.29. The van der Waals surface area contributed by atoms with Crippen molar-refractivity contribution in [3.63, 3.8) is 0 Å². The zero-order valence-corrected chi connectivity index (χ0v) is 12.8. The number of nitrogens with zero attached hydrogens (tertiary/aromatic N) is 2. The molecule has 0 saturated carbocycles. The second-order valence-electron chi connectivity index (χ2n) is 4.84. The summed E-state index contributed by atoms with van der Waals surface area (Å²) in [6, 6.07) is 13.5. The molecule has 112 valence electrons. The van der Waals surface area contributed by atoms with Crippen LogP contribution in [0.15, 0.2) is 52.4 Å². The molecule has 1 atom stereocenters. The predicted molar refractivity (Wildman–Crippen MR) is 84.3 cm³/mol. The lowest BCUT2D eigenvalue weighted by molar-refractivity contribution is -0.122. The fraction of sp³-hybridized carbons (Fsp3) is 0.188. The summed E-state index contributed by atoms with van der Waals surface area (Å²) in [7, 11) is 0. The van der Waals surface area contributed by atoms with Crippen LogP contribution in [0, 0.1) is 0 Å². The van der Waals surface area contributed by atoms with Gasteiger partial charge in [0.25, 0.3) is 5.89 Å². The number of hydrogen-bond acceptors (Lipinski definition) is 5. The smallest absolute Gasteiger partial charge is 0.268 e. The molecule has 0 fully saturated rings. The summed E-state index contributed by atoms with van der Waals surface area (Å²) in [5.74, 6) is 0.672. The highest BCUT2D eigenvalue weighted by Gasteiger charge is 2.16. The van der Waals surface area contributed by atoms with Crippen molar-refractivity contribution >= 4 is 17.2 Å². The number of carbonyl (C=O) groups excluding carboxylic acids is 1. The van der Waals surface area contributed by atoms with Crippen LogP contribution in [0.3, 0.4) is 0 Å². The fourth-order valence-corrected chi connectivity index (χ4v) is 2.68. The van der Waals surface area contributed by atoms with E-state index >= 15 is 0 Å². The van der Waals surface area contributed by atoms with E-state index in [9.17, 15) is 4.79 Å². The summed E-state index contributed by atoms with van der Waals surface area (Å²) in [4.78, 5) is 17.4. The molecule has 0 saturated heterocycles. The van der Waals surface area contributed by atoms with Crippen molar-refractivity contribution in [3.8, 4) is 10.8 Å². The van der Waals surface area contributed by atoms with Gasteiger partial charge in [0.05, 0.1) is 17.3 Å². The molecule has 5 nitrogen and oxygen atoms in total. The Morgan fingerprint density at radius 3 is 2.82 bits per heavy atom. The minimum absolute atomic E-state index is 0.0614. The summed E-state index contributed by atoms with van der Waals surface area (Å²) in [6.07, 6.45) is 0. The maximum Gasteiger partial charge on any atom is 0.268 e. The molecular weight excluding hydrogens is 298 g/mol. The van der Waals surface area contributed by atoms with Crippen molar-refractivity contribution in [2.45, 2.75) is 19.4 Å². The molecule has 1 amide bonds. The van der Waals surface area contributed by atoms with Gasteiger partial charge >= 0.3 is 0 Å². The Morgan fingerprint density at radius 1 is 1.27 bits per heavy atom. The van der Waals surface area contributed by atoms with Crippen molar-refractivity contribution in [1.29, 1.82) is 0 Å². The molecular formula is C16H15N3O2S. The van der Waals surface area contributed by atoms with Crippen LogP contribution in [0.2, 0.25) is 0 Å². The summed E-state index contributed by atoms with van der Waals surface area (Å²) in [5.41, 5.74) is 0.979. The predicted octanol–water partition coefficient (Wildman–Crippen LogP) is 3.22. The lowest BCUT2D eigenvalue weighted by atomic mass is 10.0. The third kappa shape index (κ3) is 3.23. The minimum Gasteiger partial charge on any atom is -0.348 e. The average molecular weight is 313 g/mol. The van der Waals surface area contributed by atoms with Gasteiger partial charge in [-0.1, -0.05) is 41.6 Å². The van der Waals surface area contributed by atoms with Crippen molar-refractivity contribution < 1.29 is 9.32 Å². The molecule has 6 heteroatoms. The molecule has 2 heterocycles.